The van der Waals surface area contributed by atoms with Crippen LogP contribution in [0.3, 0.4) is 0 Å². The van der Waals surface area contributed by atoms with Gasteiger partial charge in [0.15, 0.2) is 6.10 Å². The van der Waals surface area contributed by atoms with Crippen molar-refractivity contribution in [3.63, 3.8) is 0 Å². The molecule has 90 valence electrons. The Labute approximate surface area is 99.5 Å². The molecule has 1 aromatic carbocycles. The first-order valence-corrected chi connectivity index (χ1v) is 5.57. The molecule has 0 radical (unpaired) electrons. The Morgan fingerprint density at radius 3 is 2.65 bits per heavy atom. The second-order valence-electron chi connectivity index (χ2n) is 4.09. The van der Waals surface area contributed by atoms with E-state index in [1.54, 1.807) is 19.1 Å². The van der Waals surface area contributed by atoms with Gasteiger partial charge in [-0.3, -0.25) is 4.79 Å². The first kappa shape index (κ1) is 11.6. The van der Waals surface area contributed by atoms with E-state index in [2.05, 4.69) is 0 Å². The molecule has 4 nitrogen and oxygen atoms in total. The van der Waals surface area contributed by atoms with Crippen molar-refractivity contribution in [2.24, 2.45) is 0 Å². The van der Waals surface area contributed by atoms with Crippen LogP contribution >= 0.6 is 0 Å². The maximum Gasteiger partial charge on any atom is 0.347 e. The number of carbonyl (C=O) groups excluding carboxylic acids is 2. The van der Waals surface area contributed by atoms with Gasteiger partial charge in [-0.15, -0.1) is 0 Å². The van der Waals surface area contributed by atoms with Crippen LogP contribution in [-0.2, 0) is 20.7 Å². The van der Waals surface area contributed by atoms with E-state index in [4.69, 9.17) is 9.47 Å². The molecular formula is C13H14O4. The van der Waals surface area contributed by atoms with Crippen molar-refractivity contribution in [3.05, 3.63) is 29.8 Å². The predicted molar refractivity (Wildman–Crippen MR) is 60.8 cm³/mol. The van der Waals surface area contributed by atoms with Gasteiger partial charge in [0.2, 0.25) is 0 Å². The van der Waals surface area contributed by atoms with Gasteiger partial charge in [-0.25, -0.2) is 4.79 Å². The fourth-order valence-electron chi connectivity index (χ4n) is 1.72. The predicted octanol–water partition coefficient (Wildman–Crippen LogP) is 1.51. The summed E-state index contributed by atoms with van der Waals surface area (Å²) in [5.41, 5.74) is 0.943. The van der Waals surface area contributed by atoms with E-state index in [1.165, 1.54) is 0 Å². The number of hydrogen-bond donors (Lipinski definition) is 0. The lowest BCUT2D eigenvalue weighted by Crippen LogP contribution is -2.21. The number of esters is 1. The van der Waals surface area contributed by atoms with Gasteiger partial charge in [-0.1, -0.05) is 12.1 Å². The van der Waals surface area contributed by atoms with Crippen LogP contribution in [0.2, 0.25) is 0 Å². The molecule has 1 saturated heterocycles. The summed E-state index contributed by atoms with van der Waals surface area (Å²) in [6.07, 6.45) is 0.522. The minimum absolute atomic E-state index is 0.123. The molecule has 1 aliphatic heterocycles. The average Bonchev–Trinajstić information content (AvgIpc) is 2.67. The fraction of sp³-hybridized carbons (Fsp3) is 0.385. The maximum absolute atomic E-state index is 11.2. The summed E-state index contributed by atoms with van der Waals surface area (Å²) in [7, 11) is 0. The molecule has 17 heavy (non-hydrogen) atoms. The lowest BCUT2D eigenvalue weighted by Gasteiger charge is -2.10. The standard InChI is InChI=1S/C13H14O4/c1-9(14)8-10-2-4-11(5-3-10)17-12-6-7-16-13(12)15/h2-5,12H,6-8H2,1H3. The number of rotatable bonds is 4. The van der Waals surface area contributed by atoms with Gasteiger partial charge in [-0.05, 0) is 24.6 Å². The zero-order valence-corrected chi connectivity index (χ0v) is 9.64. The van der Waals surface area contributed by atoms with Crippen molar-refractivity contribution in [2.45, 2.75) is 25.9 Å². The number of cyclic esters (lactones) is 1. The molecule has 0 aromatic heterocycles. The molecule has 1 unspecified atom stereocenters. The van der Waals surface area contributed by atoms with E-state index in [0.717, 1.165) is 5.56 Å². The SMILES string of the molecule is CC(=O)Cc1ccc(OC2CCOC2=O)cc1. The molecule has 1 fully saturated rings. The highest BCUT2D eigenvalue weighted by atomic mass is 16.6. The first-order valence-electron chi connectivity index (χ1n) is 5.57. The molecule has 0 amide bonds. The summed E-state index contributed by atoms with van der Waals surface area (Å²) < 4.78 is 10.3. The quantitative estimate of drug-likeness (QED) is 0.741. The fourth-order valence-corrected chi connectivity index (χ4v) is 1.72. The number of Topliss-reactive ketones (excluding diaryl/α,β-unsaturated/α-hetero) is 1. The second kappa shape index (κ2) is 4.99. The van der Waals surface area contributed by atoms with Gasteiger partial charge in [0.25, 0.3) is 0 Å². The van der Waals surface area contributed by atoms with Crippen molar-refractivity contribution in [2.75, 3.05) is 6.61 Å². The lowest BCUT2D eigenvalue weighted by molar-refractivity contribution is -0.143. The van der Waals surface area contributed by atoms with Crippen LogP contribution in [0.4, 0.5) is 0 Å². The third kappa shape index (κ3) is 3.06. The normalized spacial score (nSPS) is 18.9. The molecule has 1 atom stereocenters. The second-order valence-corrected chi connectivity index (χ2v) is 4.09. The van der Waals surface area contributed by atoms with E-state index in [-0.39, 0.29) is 11.8 Å². The molecule has 4 heteroatoms. The molecule has 2 rings (SSSR count). The Balaban J connectivity index is 1.98. The van der Waals surface area contributed by atoms with E-state index in [0.29, 0.717) is 25.2 Å². The number of benzene rings is 1. The van der Waals surface area contributed by atoms with Gasteiger partial charge in [-0.2, -0.15) is 0 Å². The monoisotopic (exact) mass is 234 g/mol. The van der Waals surface area contributed by atoms with Crippen LogP contribution in [0.25, 0.3) is 0 Å². The minimum atomic E-state index is -0.492. The van der Waals surface area contributed by atoms with E-state index < -0.39 is 6.10 Å². The summed E-state index contributed by atoms with van der Waals surface area (Å²) in [6.45, 7) is 1.98. The Morgan fingerprint density at radius 2 is 2.12 bits per heavy atom. The van der Waals surface area contributed by atoms with Crippen molar-refractivity contribution in [3.8, 4) is 5.75 Å². The Kier molecular flexibility index (Phi) is 3.42. The van der Waals surface area contributed by atoms with Crippen LogP contribution in [-0.4, -0.2) is 24.5 Å². The van der Waals surface area contributed by atoms with E-state index in [9.17, 15) is 9.59 Å². The molecule has 0 N–H and O–H groups in total. The molecule has 0 aliphatic carbocycles. The zero-order valence-electron chi connectivity index (χ0n) is 9.64. The minimum Gasteiger partial charge on any atom is -0.479 e. The van der Waals surface area contributed by atoms with Crippen molar-refractivity contribution in [1.82, 2.24) is 0 Å². The van der Waals surface area contributed by atoms with Gasteiger partial charge in [0.1, 0.15) is 11.5 Å². The van der Waals surface area contributed by atoms with Crippen LogP contribution in [0.1, 0.15) is 18.9 Å². The van der Waals surface area contributed by atoms with Crippen molar-refractivity contribution in [1.29, 1.82) is 0 Å². The topological polar surface area (TPSA) is 52.6 Å². The molecular weight excluding hydrogens is 220 g/mol. The number of hydrogen-bond acceptors (Lipinski definition) is 4. The molecule has 0 spiro atoms. The molecule has 1 aliphatic rings. The van der Waals surface area contributed by atoms with Gasteiger partial charge < -0.3 is 9.47 Å². The Bertz CT molecular complexity index is 422. The first-order chi connectivity index (χ1) is 8.15. The highest BCUT2D eigenvalue weighted by Crippen LogP contribution is 2.18. The number of carbonyl (C=O) groups is 2. The van der Waals surface area contributed by atoms with Gasteiger partial charge >= 0.3 is 5.97 Å². The highest BCUT2D eigenvalue weighted by molar-refractivity contribution is 5.78. The summed E-state index contributed by atoms with van der Waals surface area (Å²) >= 11 is 0. The zero-order chi connectivity index (χ0) is 12.3. The third-order valence-electron chi connectivity index (χ3n) is 2.54. The Hall–Kier alpha value is -1.84. The summed E-state index contributed by atoms with van der Waals surface area (Å²) in [5, 5.41) is 0. The Morgan fingerprint density at radius 1 is 1.41 bits per heavy atom. The van der Waals surface area contributed by atoms with Gasteiger partial charge in [0, 0.05) is 12.8 Å². The molecule has 0 bridgehead atoms. The van der Waals surface area contributed by atoms with Gasteiger partial charge in [0.05, 0.1) is 6.61 Å². The summed E-state index contributed by atoms with van der Waals surface area (Å²) in [6, 6.07) is 7.20. The lowest BCUT2D eigenvalue weighted by atomic mass is 10.1. The van der Waals surface area contributed by atoms with Crippen LogP contribution < -0.4 is 4.74 Å². The number of ether oxygens (including phenoxy) is 2. The molecule has 1 aromatic rings. The molecule has 1 heterocycles. The molecule has 0 saturated carbocycles. The summed E-state index contributed by atoms with van der Waals surface area (Å²) in [4.78, 5) is 22.1. The smallest absolute Gasteiger partial charge is 0.347 e. The number of ketones is 1. The highest BCUT2D eigenvalue weighted by Gasteiger charge is 2.28. The average molecular weight is 234 g/mol. The van der Waals surface area contributed by atoms with Crippen LogP contribution in [0.15, 0.2) is 24.3 Å². The van der Waals surface area contributed by atoms with E-state index >= 15 is 0 Å². The van der Waals surface area contributed by atoms with E-state index in [1.807, 2.05) is 12.1 Å². The van der Waals surface area contributed by atoms with Crippen LogP contribution in [0.5, 0.6) is 5.75 Å². The van der Waals surface area contributed by atoms with Crippen molar-refractivity contribution < 1.29 is 19.1 Å². The third-order valence-corrected chi connectivity index (χ3v) is 2.54. The maximum atomic E-state index is 11.2. The van der Waals surface area contributed by atoms with Crippen LogP contribution in [0, 0.1) is 0 Å². The van der Waals surface area contributed by atoms with Crippen molar-refractivity contribution >= 4 is 11.8 Å². The summed E-state index contributed by atoms with van der Waals surface area (Å²) in [5.74, 6) is 0.442. The largest absolute Gasteiger partial charge is 0.479 e.